The Morgan fingerprint density at radius 2 is 2.10 bits per heavy atom. The predicted molar refractivity (Wildman–Crippen MR) is 83.7 cm³/mol. The van der Waals surface area contributed by atoms with Crippen LogP contribution in [0, 0.1) is 0 Å². The van der Waals surface area contributed by atoms with Crippen molar-refractivity contribution < 1.29 is 4.79 Å². The largest absolute Gasteiger partial charge is 0.351 e. The zero-order valence-corrected chi connectivity index (χ0v) is 13.3. The Kier molecular flexibility index (Phi) is 7.22. The number of H-pyrrole nitrogens is 1. The summed E-state index contributed by atoms with van der Waals surface area (Å²) in [6, 6.07) is 1.53. The van der Waals surface area contributed by atoms with E-state index in [4.69, 9.17) is 0 Å². The van der Waals surface area contributed by atoms with E-state index in [1.54, 1.807) is 0 Å². The number of aromatic nitrogens is 1. The van der Waals surface area contributed by atoms with Crippen LogP contribution in [0.5, 0.6) is 0 Å². The number of amides is 1. The highest BCUT2D eigenvalue weighted by molar-refractivity contribution is 9.10. The minimum Gasteiger partial charge on any atom is -0.351 e. The molecule has 0 unspecified atom stereocenters. The molecule has 0 aliphatic carbocycles. The van der Waals surface area contributed by atoms with Crippen LogP contribution in [0.25, 0.3) is 0 Å². The van der Waals surface area contributed by atoms with Gasteiger partial charge in [0.2, 0.25) is 0 Å². The van der Waals surface area contributed by atoms with Gasteiger partial charge in [0.05, 0.1) is 10.0 Å². The first-order valence-electron chi connectivity index (χ1n) is 6.26. The van der Waals surface area contributed by atoms with Crippen molar-refractivity contribution in [3.05, 3.63) is 32.7 Å². The second-order valence-corrected chi connectivity index (χ2v) is 5.27. The van der Waals surface area contributed by atoms with Crippen LogP contribution < -0.4 is 16.2 Å². The van der Waals surface area contributed by atoms with Crippen LogP contribution in [0.4, 0.5) is 0 Å². The first-order valence-corrected chi connectivity index (χ1v) is 7.05. The molecule has 112 valence electrons. The number of carbonyl (C=O) groups is 1. The van der Waals surface area contributed by atoms with Crippen molar-refractivity contribution in [2.45, 2.75) is 0 Å². The van der Waals surface area contributed by atoms with Crippen molar-refractivity contribution in [1.29, 1.82) is 0 Å². The highest BCUT2D eigenvalue weighted by Gasteiger charge is 2.11. The normalized spacial score (nSPS) is 15.4. The molecule has 2 heterocycles. The van der Waals surface area contributed by atoms with Gasteiger partial charge >= 0.3 is 0 Å². The summed E-state index contributed by atoms with van der Waals surface area (Å²) in [5, 5.41) is 6.13. The minimum atomic E-state index is -0.239. The summed E-state index contributed by atoms with van der Waals surface area (Å²) in [4.78, 5) is 27.8. The summed E-state index contributed by atoms with van der Waals surface area (Å²) in [7, 11) is 0. The Morgan fingerprint density at radius 1 is 1.40 bits per heavy atom. The number of rotatable bonds is 4. The lowest BCUT2D eigenvalue weighted by Gasteiger charge is -2.27. The molecule has 0 bridgehead atoms. The minimum absolute atomic E-state index is 0. The molecule has 1 amide bonds. The lowest BCUT2D eigenvalue weighted by atomic mass is 10.2. The summed E-state index contributed by atoms with van der Waals surface area (Å²) in [6.07, 6.45) is 1.42. The van der Waals surface area contributed by atoms with Gasteiger partial charge in [0.25, 0.3) is 11.5 Å². The summed E-state index contributed by atoms with van der Waals surface area (Å²) in [6.45, 7) is 5.48. The lowest BCUT2D eigenvalue weighted by molar-refractivity contribution is 0.0947. The van der Waals surface area contributed by atoms with Crippen molar-refractivity contribution in [3.63, 3.8) is 0 Å². The summed E-state index contributed by atoms with van der Waals surface area (Å²) in [5.74, 6) is -0.174. The number of halogens is 2. The summed E-state index contributed by atoms with van der Waals surface area (Å²) >= 11 is 3.11. The van der Waals surface area contributed by atoms with Crippen molar-refractivity contribution in [3.8, 4) is 0 Å². The molecule has 20 heavy (non-hydrogen) atoms. The van der Waals surface area contributed by atoms with E-state index in [1.165, 1.54) is 12.3 Å². The van der Waals surface area contributed by atoms with Crippen LogP contribution in [0.15, 0.2) is 21.5 Å². The van der Waals surface area contributed by atoms with Crippen molar-refractivity contribution >= 4 is 34.2 Å². The van der Waals surface area contributed by atoms with Crippen LogP contribution in [0.1, 0.15) is 10.4 Å². The lowest BCUT2D eigenvalue weighted by Crippen LogP contribution is -2.46. The number of nitrogens with one attached hydrogen (secondary N) is 3. The van der Waals surface area contributed by atoms with Crippen LogP contribution in [0.3, 0.4) is 0 Å². The van der Waals surface area contributed by atoms with Crippen molar-refractivity contribution in [2.75, 3.05) is 39.3 Å². The molecular weight excluding hydrogens is 348 g/mol. The molecule has 6 nitrogen and oxygen atoms in total. The topological polar surface area (TPSA) is 77.2 Å². The third-order valence-corrected chi connectivity index (χ3v) is 3.63. The van der Waals surface area contributed by atoms with Gasteiger partial charge in [-0.25, -0.2) is 0 Å². The van der Waals surface area contributed by atoms with E-state index in [-0.39, 0.29) is 23.9 Å². The number of aromatic amines is 1. The Bertz CT molecular complexity index is 502. The highest BCUT2D eigenvalue weighted by Crippen LogP contribution is 2.04. The van der Waals surface area contributed by atoms with E-state index >= 15 is 0 Å². The van der Waals surface area contributed by atoms with Gasteiger partial charge in [-0.1, -0.05) is 0 Å². The monoisotopic (exact) mass is 364 g/mol. The molecule has 1 aliphatic rings. The second-order valence-electron chi connectivity index (χ2n) is 4.41. The van der Waals surface area contributed by atoms with E-state index in [1.807, 2.05) is 0 Å². The van der Waals surface area contributed by atoms with Crippen LogP contribution >= 0.6 is 28.3 Å². The Labute approximate surface area is 131 Å². The SMILES string of the molecule is Cl.O=C(NCCN1CCNCC1)c1c[nH]c(=O)c(Br)c1. The molecule has 0 atom stereocenters. The summed E-state index contributed by atoms with van der Waals surface area (Å²) < 4.78 is 0.363. The smallest absolute Gasteiger partial charge is 0.262 e. The van der Waals surface area contributed by atoms with Gasteiger partial charge in [-0.05, 0) is 22.0 Å². The van der Waals surface area contributed by atoms with Gasteiger partial charge in [0, 0.05) is 45.5 Å². The zero-order chi connectivity index (χ0) is 13.7. The number of nitrogens with zero attached hydrogens (tertiary/aromatic N) is 1. The van der Waals surface area contributed by atoms with E-state index in [0.29, 0.717) is 16.6 Å². The molecule has 1 aromatic rings. The van der Waals surface area contributed by atoms with E-state index in [0.717, 1.165) is 32.7 Å². The number of pyridine rings is 1. The molecule has 1 aliphatic heterocycles. The molecule has 1 saturated heterocycles. The van der Waals surface area contributed by atoms with E-state index < -0.39 is 0 Å². The molecule has 1 aromatic heterocycles. The molecule has 0 radical (unpaired) electrons. The third kappa shape index (κ3) is 4.90. The number of hydrogen-bond donors (Lipinski definition) is 3. The van der Waals surface area contributed by atoms with Crippen LogP contribution in [0.2, 0.25) is 0 Å². The first kappa shape index (κ1) is 17.2. The average Bonchev–Trinajstić information content (AvgIpc) is 2.43. The van der Waals surface area contributed by atoms with Gasteiger partial charge in [0.1, 0.15) is 0 Å². The number of piperazine rings is 1. The van der Waals surface area contributed by atoms with Gasteiger partial charge in [-0.3, -0.25) is 14.5 Å². The predicted octanol–water partition coefficient (Wildman–Crippen LogP) is 0.194. The Morgan fingerprint density at radius 3 is 2.75 bits per heavy atom. The summed E-state index contributed by atoms with van der Waals surface area (Å²) in [5.41, 5.74) is 0.212. The fourth-order valence-electron chi connectivity index (χ4n) is 1.95. The Hall–Kier alpha value is -0.890. The molecule has 0 saturated carbocycles. The molecule has 8 heteroatoms. The van der Waals surface area contributed by atoms with Crippen molar-refractivity contribution in [1.82, 2.24) is 20.5 Å². The quantitative estimate of drug-likeness (QED) is 0.712. The standard InChI is InChI=1S/C12H17BrN4O2.ClH/c13-10-7-9(8-16-12(10)19)11(18)15-3-6-17-4-1-14-2-5-17;/h7-8,14H,1-6H2,(H,15,18)(H,16,19);1H. The maximum absolute atomic E-state index is 11.9. The molecule has 3 N–H and O–H groups in total. The number of carbonyl (C=O) groups excluding carboxylic acids is 1. The second kappa shape index (κ2) is 8.41. The third-order valence-electron chi connectivity index (χ3n) is 3.04. The van der Waals surface area contributed by atoms with Gasteiger partial charge in [-0.15, -0.1) is 12.4 Å². The van der Waals surface area contributed by atoms with Crippen molar-refractivity contribution in [2.24, 2.45) is 0 Å². The van der Waals surface area contributed by atoms with Crippen LogP contribution in [-0.4, -0.2) is 55.1 Å². The van der Waals surface area contributed by atoms with Crippen LogP contribution in [-0.2, 0) is 0 Å². The molecule has 0 spiro atoms. The average molecular weight is 366 g/mol. The zero-order valence-electron chi connectivity index (χ0n) is 10.9. The molecule has 1 fully saturated rings. The molecule has 0 aromatic carbocycles. The molecular formula is C12H18BrClN4O2. The molecule has 2 rings (SSSR count). The van der Waals surface area contributed by atoms with E-state index in [9.17, 15) is 9.59 Å². The van der Waals surface area contributed by atoms with Gasteiger partial charge < -0.3 is 15.6 Å². The fraction of sp³-hybridized carbons (Fsp3) is 0.500. The van der Waals surface area contributed by atoms with E-state index in [2.05, 4.69) is 36.4 Å². The maximum Gasteiger partial charge on any atom is 0.262 e. The highest BCUT2D eigenvalue weighted by atomic mass is 79.9. The van der Waals surface area contributed by atoms with Gasteiger partial charge in [0.15, 0.2) is 0 Å². The number of hydrogen-bond acceptors (Lipinski definition) is 4. The van der Waals surface area contributed by atoms with Gasteiger partial charge in [-0.2, -0.15) is 0 Å². The Balaban J connectivity index is 0.00000200. The first-order chi connectivity index (χ1) is 9.16. The maximum atomic E-state index is 11.9. The fourth-order valence-corrected chi connectivity index (χ4v) is 2.31.